The number of hydrogen-bond acceptors (Lipinski definition) is 4. The van der Waals surface area contributed by atoms with E-state index in [4.69, 9.17) is 4.74 Å². The lowest BCUT2D eigenvalue weighted by molar-refractivity contribution is -0.155. The van der Waals surface area contributed by atoms with Gasteiger partial charge in [0, 0.05) is 39.3 Å². The highest BCUT2D eigenvalue weighted by atomic mass is 16.5. The zero-order valence-electron chi connectivity index (χ0n) is 10.9. The molecule has 18 heavy (non-hydrogen) atoms. The minimum Gasteiger partial charge on any atom is -0.378 e. The van der Waals surface area contributed by atoms with Gasteiger partial charge in [-0.05, 0) is 6.54 Å². The quantitative estimate of drug-likeness (QED) is 0.565. The summed E-state index contributed by atoms with van der Waals surface area (Å²) in [6, 6.07) is 0. The van der Waals surface area contributed by atoms with E-state index in [0.717, 1.165) is 19.6 Å². The molecule has 0 saturated carbocycles. The zero-order chi connectivity index (χ0) is 13.0. The molecule has 0 aromatic heterocycles. The molecular weight excluding hydrogens is 234 g/mol. The normalized spacial score (nSPS) is 22.1. The standard InChI is InChI=1S/C12H21N3O3/c1-2-13-3-5-14(6-4-13)11(16)12(17)15-7-9-18-10-8-15/h2-10H2,1H3. The van der Waals surface area contributed by atoms with Gasteiger partial charge in [-0.2, -0.15) is 0 Å². The summed E-state index contributed by atoms with van der Waals surface area (Å²) in [6.45, 7) is 8.25. The molecule has 2 aliphatic rings. The van der Waals surface area contributed by atoms with E-state index >= 15 is 0 Å². The lowest BCUT2D eigenvalue weighted by Gasteiger charge is -2.35. The average Bonchev–Trinajstić information content (AvgIpc) is 2.47. The number of nitrogens with zero attached hydrogens (tertiary/aromatic N) is 3. The van der Waals surface area contributed by atoms with Crippen LogP contribution in [-0.2, 0) is 14.3 Å². The van der Waals surface area contributed by atoms with Gasteiger partial charge in [-0.1, -0.05) is 6.92 Å². The molecule has 0 radical (unpaired) electrons. The molecule has 0 bridgehead atoms. The number of likely N-dealkylation sites (N-methyl/N-ethyl adjacent to an activating group) is 1. The average molecular weight is 255 g/mol. The summed E-state index contributed by atoms with van der Waals surface area (Å²) < 4.78 is 5.18. The molecule has 0 aromatic rings. The molecule has 6 nitrogen and oxygen atoms in total. The lowest BCUT2D eigenvalue weighted by atomic mass is 10.3. The SMILES string of the molecule is CCN1CCN(C(=O)C(=O)N2CCOCC2)CC1. The lowest BCUT2D eigenvalue weighted by Crippen LogP contribution is -2.54. The molecule has 2 saturated heterocycles. The van der Waals surface area contributed by atoms with Crippen molar-refractivity contribution in [3.05, 3.63) is 0 Å². The van der Waals surface area contributed by atoms with Crippen molar-refractivity contribution in [2.45, 2.75) is 6.92 Å². The Labute approximate surface area is 107 Å². The Morgan fingerprint density at radius 1 is 0.889 bits per heavy atom. The van der Waals surface area contributed by atoms with Crippen LogP contribution in [0.1, 0.15) is 6.92 Å². The van der Waals surface area contributed by atoms with Gasteiger partial charge in [0.1, 0.15) is 0 Å². The van der Waals surface area contributed by atoms with Crippen molar-refractivity contribution in [3.8, 4) is 0 Å². The third-order valence-corrected chi connectivity index (χ3v) is 3.59. The number of hydrogen-bond donors (Lipinski definition) is 0. The molecule has 2 heterocycles. The van der Waals surface area contributed by atoms with E-state index < -0.39 is 0 Å². The van der Waals surface area contributed by atoms with Crippen LogP contribution >= 0.6 is 0 Å². The molecule has 0 aliphatic carbocycles. The molecule has 2 aliphatic heterocycles. The van der Waals surface area contributed by atoms with Gasteiger partial charge in [0.15, 0.2) is 0 Å². The maximum absolute atomic E-state index is 12.1. The second kappa shape index (κ2) is 6.15. The topological polar surface area (TPSA) is 53.1 Å². The molecule has 0 atom stereocenters. The van der Waals surface area contributed by atoms with Crippen LogP contribution in [0.25, 0.3) is 0 Å². The predicted molar refractivity (Wildman–Crippen MR) is 66.1 cm³/mol. The first kappa shape index (κ1) is 13.3. The number of ether oxygens (including phenoxy) is 1. The molecule has 2 rings (SSSR count). The molecule has 102 valence electrons. The Morgan fingerprint density at radius 3 is 1.89 bits per heavy atom. The van der Waals surface area contributed by atoms with Gasteiger partial charge in [0.05, 0.1) is 13.2 Å². The van der Waals surface area contributed by atoms with Crippen molar-refractivity contribution < 1.29 is 14.3 Å². The maximum atomic E-state index is 12.1. The fraction of sp³-hybridized carbons (Fsp3) is 0.833. The van der Waals surface area contributed by atoms with Crippen LogP contribution in [0.5, 0.6) is 0 Å². The zero-order valence-corrected chi connectivity index (χ0v) is 10.9. The van der Waals surface area contributed by atoms with E-state index in [2.05, 4.69) is 11.8 Å². The van der Waals surface area contributed by atoms with E-state index in [1.807, 2.05) is 0 Å². The highest BCUT2D eigenvalue weighted by Crippen LogP contribution is 2.05. The van der Waals surface area contributed by atoms with Crippen LogP contribution in [0.2, 0.25) is 0 Å². The molecule has 0 spiro atoms. The molecule has 2 amide bonds. The minimum atomic E-state index is -0.372. The first-order valence-electron chi connectivity index (χ1n) is 6.60. The van der Waals surface area contributed by atoms with Gasteiger partial charge in [0.2, 0.25) is 0 Å². The van der Waals surface area contributed by atoms with Crippen molar-refractivity contribution in [2.24, 2.45) is 0 Å². The first-order chi connectivity index (χ1) is 8.72. The second-order valence-electron chi connectivity index (χ2n) is 4.63. The largest absolute Gasteiger partial charge is 0.378 e. The van der Waals surface area contributed by atoms with Gasteiger partial charge in [-0.15, -0.1) is 0 Å². The summed E-state index contributed by atoms with van der Waals surface area (Å²) in [5.41, 5.74) is 0. The smallest absolute Gasteiger partial charge is 0.312 e. The number of carbonyl (C=O) groups excluding carboxylic acids is 2. The van der Waals surface area contributed by atoms with E-state index in [-0.39, 0.29) is 11.8 Å². The number of rotatable bonds is 1. The highest BCUT2D eigenvalue weighted by molar-refractivity contribution is 6.34. The molecule has 0 N–H and O–H groups in total. The number of morpholine rings is 1. The monoisotopic (exact) mass is 255 g/mol. The van der Waals surface area contributed by atoms with Crippen LogP contribution in [0.3, 0.4) is 0 Å². The highest BCUT2D eigenvalue weighted by Gasteiger charge is 2.29. The van der Waals surface area contributed by atoms with E-state index in [1.165, 1.54) is 0 Å². The fourth-order valence-electron chi connectivity index (χ4n) is 2.30. The van der Waals surface area contributed by atoms with Crippen molar-refractivity contribution >= 4 is 11.8 Å². The van der Waals surface area contributed by atoms with Crippen molar-refractivity contribution in [1.29, 1.82) is 0 Å². The third-order valence-electron chi connectivity index (χ3n) is 3.59. The van der Waals surface area contributed by atoms with E-state index in [0.29, 0.717) is 39.4 Å². The molecule has 6 heteroatoms. The van der Waals surface area contributed by atoms with Gasteiger partial charge in [-0.3, -0.25) is 9.59 Å². The molecule has 0 unspecified atom stereocenters. The third kappa shape index (κ3) is 3.00. The van der Waals surface area contributed by atoms with Crippen LogP contribution in [0, 0.1) is 0 Å². The summed E-state index contributed by atoms with van der Waals surface area (Å²) in [5.74, 6) is -0.726. The van der Waals surface area contributed by atoms with Crippen molar-refractivity contribution in [1.82, 2.24) is 14.7 Å². The number of amides is 2. The van der Waals surface area contributed by atoms with Crippen LogP contribution < -0.4 is 0 Å². The summed E-state index contributed by atoms with van der Waals surface area (Å²) in [6.07, 6.45) is 0. The van der Waals surface area contributed by atoms with E-state index in [1.54, 1.807) is 9.80 Å². The second-order valence-corrected chi connectivity index (χ2v) is 4.63. The van der Waals surface area contributed by atoms with Crippen molar-refractivity contribution in [2.75, 3.05) is 59.0 Å². The summed E-state index contributed by atoms with van der Waals surface area (Å²) >= 11 is 0. The Balaban J connectivity index is 1.85. The number of piperazine rings is 1. The van der Waals surface area contributed by atoms with Gasteiger partial charge < -0.3 is 19.4 Å². The fourth-order valence-corrected chi connectivity index (χ4v) is 2.30. The predicted octanol–water partition coefficient (Wildman–Crippen LogP) is -0.991. The first-order valence-corrected chi connectivity index (χ1v) is 6.60. The summed E-state index contributed by atoms with van der Waals surface area (Å²) in [5, 5.41) is 0. The van der Waals surface area contributed by atoms with Crippen molar-refractivity contribution in [3.63, 3.8) is 0 Å². The van der Waals surface area contributed by atoms with Gasteiger partial charge in [0.25, 0.3) is 0 Å². The Kier molecular flexibility index (Phi) is 4.54. The summed E-state index contributed by atoms with van der Waals surface area (Å²) in [7, 11) is 0. The molecule has 0 aromatic carbocycles. The van der Waals surface area contributed by atoms with Gasteiger partial charge >= 0.3 is 11.8 Å². The molecular formula is C12H21N3O3. The Bertz CT molecular complexity index is 308. The van der Waals surface area contributed by atoms with Crippen LogP contribution in [0.15, 0.2) is 0 Å². The summed E-state index contributed by atoms with van der Waals surface area (Å²) in [4.78, 5) is 29.6. The number of carbonyl (C=O) groups is 2. The van der Waals surface area contributed by atoms with Crippen LogP contribution in [0.4, 0.5) is 0 Å². The van der Waals surface area contributed by atoms with E-state index in [9.17, 15) is 9.59 Å². The van der Waals surface area contributed by atoms with Crippen LogP contribution in [-0.4, -0.2) is 85.5 Å². The maximum Gasteiger partial charge on any atom is 0.312 e. The Hall–Kier alpha value is -1.14. The molecule has 2 fully saturated rings. The Morgan fingerprint density at radius 2 is 1.39 bits per heavy atom. The minimum absolute atomic E-state index is 0.354. The van der Waals surface area contributed by atoms with Gasteiger partial charge in [-0.25, -0.2) is 0 Å².